The molecular formula is C18H30N2. The Morgan fingerprint density at radius 1 is 1.25 bits per heavy atom. The summed E-state index contributed by atoms with van der Waals surface area (Å²) in [6, 6.07) is 7.99. The van der Waals surface area contributed by atoms with Gasteiger partial charge in [0.05, 0.1) is 0 Å². The molecule has 1 N–H and O–H groups in total. The van der Waals surface area contributed by atoms with E-state index < -0.39 is 0 Å². The van der Waals surface area contributed by atoms with Crippen molar-refractivity contribution >= 4 is 0 Å². The van der Waals surface area contributed by atoms with Crippen molar-refractivity contribution in [3.8, 4) is 0 Å². The summed E-state index contributed by atoms with van der Waals surface area (Å²) in [4.78, 5) is 2.67. The minimum Gasteiger partial charge on any atom is -0.312 e. The topological polar surface area (TPSA) is 15.3 Å². The molecule has 1 fully saturated rings. The first-order chi connectivity index (χ1) is 9.61. The molecule has 2 atom stereocenters. The van der Waals surface area contributed by atoms with Gasteiger partial charge in [-0.3, -0.25) is 4.90 Å². The lowest BCUT2D eigenvalue weighted by Crippen LogP contribution is -2.39. The van der Waals surface area contributed by atoms with Crippen LogP contribution in [0.5, 0.6) is 0 Å². The highest BCUT2D eigenvalue weighted by molar-refractivity contribution is 5.33. The third-order valence-corrected chi connectivity index (χ3v) is 4.76. The van der Waals surface area contributed by atoms with Gasteiger partial charge in [0.15, 0.2) is 0 Å². The fourth-order valence-corrected chi connectivity index (χ4v) is 3.40. The minimum atomic E-state index is 0.441. The normalized spacial score (nSPS) is 22.5. The summed E-state index contributed by atoms with van der Waals surface area (Å²) in [5.41, 5.74) is 4.21. The van der Waals surface area contributed by atoms with E-state index in [2.05, 4.69) is 56.2 Å². The van der Waals surface area contributed by atoms with Crippen LogP contribution in [-0.4, -0.2) is 31.1 Å². The van der Waals surface area contributed by atoms with Crippen molar-refractivity contribution in [1.29, 1.82) is 0 Å². The number of likely N-dealkylation sites (tertiary alicyclic amines) is 1. The maximum atomic E-state index is 3.53. The number of hydrogen-bond acceptors (Lipinski definition) is 2. The lowest BCUT2D eigenvalue weighted by atomic mass is 9.98. The van der Waals surface area contributed by atoms with Crippen molar-refractivity contribution in [3.05, 3.63) is 34.9 Å². The molecule has 0 amide bonds. The molecule has 2 nitrogen and oxygen atoms in total. The molecule has 0 aromatic heterocycles. The Hall–Kier alpha value is -0.860. The zero-order valence-corrected chi connectivity index (χ0v) is 13.6. The molecule has 0 aliphatic carbocycles. The van der Waals surface area contributed by atoms with Crippen molar-refractivity contribution in [1.82, 2.24) is 10.2 Å². The summed E-state index contributed by atoms with van der Waals surface area (Å²) in [5, 5.41) is 3.53. The molecule has 0 saturated carbocycles. The number of nitrogens with one attached hydrogen (secondary N) is 1. The van der Waals surface area contributed by atoms with Crippen molar-refractivity contribution in [2.45, 2.75) is 58.5 Å². The van der Waals surface area contributed by atoms with E-state index in [0.717, 1.165) is 12.6 Å². The second-order valence-corrected chi connectivity index (χ2v) is 6.39. The Morgan fingerprint density at radius 3 is 2.75 bits per heavy atom. The van der Waals surface area contributed by atoms with E-state index in [1.165, 1.54) is 48.9 Å². The highest BCUT2D eigenvalue weighted by Gasteiger charge is 2.21. The quantitative estimate of drug-likeness (QED) is 0.897. The first-order valence-corrected chi connectivity index (χ1v) is 8.10. The maximum Gasteiger partial charge on any atom is 0.0449 e. The number of hydrogen-bond donors (Lipinski definition) is 1. The largest absolute Gasteiger partial charge is 0.312 e. The average Bonchev–Trinajstić information content (AvgIpc) is 2.62. The molecule has 1 aromatic rings. The van der Waals surface area contributed by atoms with Crippen LogP contribution in [0.4, 0.5) is 0 Å². The van der Waals surface area contributed by atoms with Gasteiger partial charge in [-0.25, -0.2) is 0 Å². The molecule has 2 unspecified atom stereocenters. The van der Waals surface area contributed by atoms with E-state index in [-0.39, 0.29) is 0 Å². The van der Waals surface area contributed by atoms with Crippen LogP contribution in [0, 0.1) is 13.8 Å². The molecule has 1 aliphatic rings. The molecule has 20 heavy (non-hydrogen) atoms. The molecule has 1 aromatic carbocycles. The van der Waals surface area contributed by atoms with Crippen LogP contribution in [0.25, 0.3) is 0 Å². The van der Waals surface area contributed by atoms with Gasteiger partial charge in [0.25, 0.3) is 0 Å². The van der Waals surface area contributed by atoms with Crippen molar-refractivity contribution in [2.75, 3.05) is 20.1 Å². The zero-order chi connectivity index (χ0) is 14.5. The molecule has 1 heterocycles. The third-order valence-electron chi connectivity index (χ3n) is 4.76. The van der Waals surface area contributed by atoms with Crippen LogP contribution >= 0.6 is 0 Å². The Labute approximate surface area is 124 Å². The molecule has 0 radical (unpaired) electrons. The molecule has 1 saturated heterocycles. The monoisotopic (exact) mass is 274 g/mol. The lowest BCUT2D eigenvalue weighted by Gasteiger charge is -2.31. The van der Waals surface area contributed by atoms with Crippen molar-refractivity contribution in [3.63, 3.8) is 0 Å². The smallest absolute Gasteiger partial charge is 0.0449 e. The first-order valence-electron chi connectivity index (χ1n) is 8.10. The van der Waals surface area contributed by atoms with Crippen LogP contribution in [-0.2, 0) is 0 Å². The van der Waals surface area contributed by atoms with Crippen LogP contribution in [0.3, 0.4) is 0 Å². The fourth-order valence-electron chi connectivity index (χ4n) is 3.40. The van der Waals surface area contributed by atoms with E-state index >= 15 is 0 Å². The van der Waals surface area contributed by atoms with Crippen LogP contribution < -0.4 is 5.32 Å². The van der Waals surface area contributed by atoms with Gasteiger partial charge in [0.2, 0.25) is 0 Å². The summed E-state index contributed by atoms with van der Waals surface area (Å²) >= 11 is 0. The molecule has 112 valence electrons. The summed E-state index contributed by atoms with van der Waals surface area (Å²) in [5.74, 6) is 0. The van der Waals surface area contributed by atoms with E-state index in [1.807, 2.05) is 0 Å². The molecular weight excluding hydrogens is 244 g/mol. The summed E-state index contributed by atoms with van der Waals surface area (Å²) in [7, 11) is 2.09. The van der Waals surface area contributed by atoms with Crippen molar-refractivity contribution in [2.24, 2.45) is 0 Å². The predicted octanol–water partition coefficient (Wildman–Crippen LogP) is 3.83. The highest BCUT2D eigenvalue weighted by Crippen LogP contribution is 2.23. The van der Waals surface area contributed by atoms with Gasteiger partial charge in [-0.05, 0) is 58.3 Å². The van der Waals surface area contributed by atoms with Crippen LogP contribution in [0.15, 0.2) is 18.2 Å². The van der Waals surface area contributed by atoms with Gasteiger partial charge < -0.3 is 5.32 Å². The van der Waals surface area contributed by atoms with E-state index in [4.69, 9.17) is 0 Å². The van der Waals surface area contributed by atoms with Gasteiger partial charge >= 0.3 is 0 Å². The predicted molar refractivity (Wildman–Crippen MR) is 87.2 cm³/mol. The minimum absolute atomic E-state index is 0.441. The lowest BCUT2D eigenvalue weighted by molar-refractivity contribution is 0.193. The molecule has 2 heteroatoms. The Bertz CT molecular complexity index is 427. The Kier molecular flexibility index (Phi) is 5.62. The average molecular weight is 274 g/mol. The standard InChI is InChI=1S/C18H30N2/c1-14-9-10-17(15(2)12-14)18(19-4)13-20-11-7-5-6-8-16(20)3/h9-10,12,16,18-19H,5-8,11,13H2,1-4H3. The van der Waals surface area contributed by atoms with E-state index in [1.54, 1.807) is 0 Å². The molecule has 0 spiro atoms. The SMILES string of the molecule is CNC(CN1CCCCCC1C)c1ccc(C)cc1C. The second kappa shape index (κ2) is 7.24. The number of rotatable bonds is 4. The Morgan fingerprint density at radius 2 is 2.05 bits per heavy atom. The summed E-state index contributed by atoms with van der Waals surface area (Å²) in [6.45, 7) is 9.17. The number of likely N-dealkylation sites (N-methyl/N-ethyl adjacent to an activating group) is 1. The van der Waals surface area contributed by atoms with Gasteiger partial charge in [0.1, 0.15) is 0 Å². The third kappa shape index (κ3) is 3.83. The molecule has 1 aliphatic heterocycles. The first kappa shape index (κ1) is 15.5. The number of benzene rings is 1. The fraction of sp³-hybridized carbons (Fsp3) is 0.667. The molecule has 2 rings (SSSR count). The second-order valence-electron chi connectivity index (χ2n) is 6.39. The maximum absolute atomic E-state index is 3.53. The number of nitrogens with zero attached hydrogens (tertiary/aromatic N) is 1. The zero-order valence-electron chi connectivity index (χ0n) is 13.6. The van der Waals surface area contributed by atoms with Gasteiger partial charge in [-0.1, -0.05) is 36.6 Å². The molecule has 0 bridgehead atoms. The van der Waals surface area contributed by atoms with E-state index in [0.29, 0.717) is 6.04 Å². The number of aryl methyl sites for hydroxylation is 2. The van der Waals surface area contributed by atoms with Crippen LogP contribution in [0.2, 0.25) is 0 Å². The summed E-state index contributed by atoms with van der Waals surface area (Å²) in [6.07, 6.45) is 5.50. The Balaban J connectivity index is 2.11. The van der Waals surface area contributed by atoms with Gasteiger partial charge in [-0.2, -0.15) is 0 Å². The summed E-state index contributed by atoms with van der Waals surface area (Å²) < 4.78 is 0. The highest BCUT2D eigenvalue weighted by atomic mass is 15.2. The van der Waals surface area contributed by atoms with Gasteiger partial charge in [0, 0.05) is 18.6 Å². The van der Waals surface area contributed by atoms with Gasteiger partial charge in [-0.15, -0.1) is 0 Å². The van der Waals surface area contributed by atoms with Crippen molar-refractivity contribution < 1.29 is 0 Å². The van der Waals surface area contributed by atoms with E-state index in [9.17, 15) is 0 Å². The van der Waals surface area contributed by atoms with Crippen LogP contribution in [0.1, 0.15) is 55.3 Å².